The van der Waals surface area contributed by atoms with Crippen molar-refractivity contribution in [1.82, 2.24) is 15.2 Å². The molecule has 1 aromatic carbocycles. The van der Waals surface area contributed by atoms with Crippen molar-refractivity contribution in [3.8, 4) is 17.1 Å². The minimum atomic E-state index is -0.399. The highest BCUT2D eigenvalue weighted by atomic mass is 32.2. The van der Waals surface area contributed by atoms with E-state index < -0.39 is 5.91 Å². The van der Waals surface area contributed by atoms with Gasteiger partial charge in [-0.3, -0.25) is 9.89 Å². The van der Waals surface area contributed by atoms with Gasteiger partial charge in [0.15, 0.2) is 5.82 Å². The fraction of sp³-hybridized carbons (Fsp3) is 0.182. The second kappa shape index (κ2) is 5.54. The Labute approximate surface area is 108 Å². The van der Waals surface area contributed by atoms with Crippen molar-refractivity contribution in [1.29, 1.82) is 0 Å². The van der Waals surface area contributed by atoms with E-state index in [0.717, 1.165) is 5.56 Å². The predicted molar refractivity (Wildman–Crippen MR) is 68.3 cm³/mol. The van der Waals surface area contributed by atoms with Gasteiger partial charge in [0.2, 0.25) is 11.1 Å². The van der Waals surface area contributed by atoms with E-state index in [9.17, 15) is 4.79 Å². The van der Waals surface area contributed by atoms with Gasteiger partial charge in [0, 0.05) is 0 Å². The number of aromatic amines is 1. The van der Waals surface area contributed by atoms with Gasteiger partial charge in [0.05, 0.1) is 18.4 Å². The molecule has 0 spiro atoms. The molecule has 0 aliphatic heterocycles. The zero-order valence-corrected chi connectivity index (χ0v) is 10.5. The van der Waals surface area contributed by atoms with Crippen molar-refractivity contribution in [3.05, 3.63) is 24.3 Å². The lowest BCUT2D eigenvalue weighted by molar-refractivity contribution is -0.115. The van der Waals surface area contributed by atoms with Crippen LogP contribution >= 0.6 is 11.8 Å². The van der Waals surface area contributed by atoms with Crippen LogP contribution in [0.4, 0.5) is 0 Å². The number of benzene rings is 1. The minimum Gasteiger partial charge on any atom is -0.496 e. The summed E-state index contributed by atoms with van der Waals surface area (Å²) in [7, 11) is 1.60. The molecular weight excluding hydrogens is 252 g/mol. The zero-order valence-electron chi connectivity index (χ0n) is 9.71. The molecule has 0 fully saturated rings. The Morgan fingerprint density at radius 1 is 1.50 bits per heavy atom. The predicted octanol–water partition coefficient (Wildman–Crippen LogP) is 1.06. The lowest BCUT2D eigenvalue weighted by Gasteiger charge is -2.03. The van der Waals surface area contributed by atoms with Crippen LogP contribution in [0.15, 0.2) is 29.4 Å². The first-order valence-corrected chi connectivity index (χ1v) is 6.16. The lowest BCUT2D eigenvalue weighted by Crippen LogP contribution is -2.13. The number of hydrogen-bond donors (Lipinski definition) is 2. The molecule has 2 aromatic rings. The van der Waals surface area contributed by atoms with Gasteiger partial charge in [-0.15, -0.1) is 5.10 Å². The number of aromatic nitrogens is 3. The summed E-state index contributed by atoms with van der Waals surface area (Å²) in [5, 5.41) is 7.29. The van der Waals surface area contributed by atoms with E-state index in [0.29, 0.717) is 16.7 Å². The first kappa shape index (κ1) is 12.4. The molecule has 0 aliphatic rings. The highest BCUT2D eigenvalue weighted by Gasteiger charge is 2.10. The molecule has 0 radical (unpaired) electrons. The van der Waals surface area contributed by atoms with Crippen LogP contribution in [0.2, 0.25) is 0 Å². The van der Waals surface area contributed by atoms with Crippen LogP contribution in [0, 0.1) is 0 Å². The number of rotatable bonds is 5. The molecule has 0 unspecified atom stereocenters. The summed E-state index contributed by atoms with van der Waals surface area (Å²) in [6, 6.07) is 7.48. The molecule has 18 heavy (non-hydrogen) atoms. The van der Waals surface area contributed by atoms with Crippen molar-refractivity contribution in [2.45, 2.75) is 5.16 Å². The number of amides is 1. The summed E-state index contributed by atoms with van der Waals surface area (Å²) in [6.07, 6.45) is 0. The summed E-state index contributed by atoms with van der Waals surface area (Å²) < 4.78 is 5.24. The van der Waals surface area contributed by atoms with Crippen molar-refractivity contribution >= 4 is 17.7 Å². The van der Waals surface area contributed by atoms with Crippen LogP contribution in [0.1, 0.15) is 0 Å². The second-order valence-corrected chi connectivity index (χ2v) is 4.36. The highest BCUT2D eigenvalue weighted by Crippen LogP contribution is 2.27. The van der Waals surface area contributed by atoms with Gasteiger partial charge in [-0.2, -0.15) is 0 Å². The summed E-state index contributed by atoms with van der Waals surface area (Å²) in [6.45, 7) is 0. The van der Waals surface area contributed by atoms with Gasteiger partial charge in [-0.1, -0.05) is 23.9 Å². The maximum Gasteiger partial charge on any atom is 0.227 e. The number of methoxy groups -OCH3 is 1. The number of para-hydroxylation sites is 1. The average molecular weight is 264 g/mol. The van der Waals surface area contributed by atoms with Gasteiger partial charge in [-0.25, -0.2) is 4.98 Å². The Kier molecular flexibility index (Phi) is 3.83. The van der Waals surface area contributed by atoms with Gasteiger partial charge in [0.25, 0.3) is 0 Å². The van der Waals surface area contributed by atoms with E-state index in [4.69, 9.17) is 10.5 Å². The molecule has 3 N–H and O–H groups in total. The third kappa shape index (κ3) is 2.80. The standard InChI is InChI=1S/C11H12N4O2S/c1-17-8-5-3-2-4-7(8)10-13-11(15-14-10)18-6-9(12)16/h2-5H,6H2,1H3,(H2,12,16)(H,13,14,15). The van der Waals surface area contributed by atoms with Crippen LogP contribution in [0.3, 0.4) is 0 Å². The van der Waals surface area contributed by atoms with E-state index in [-0.39, 0.29) is 5.75 Å². The molecule has 6 nitrogen and oxygen atoms in total. The van der Waals surface area contributed by atoms with E-state index in [2.05, 4.69) is 15.2 Å². The Hall–Kier alpha value is -2.02. The number of carbonyl (C=O) groups excluding carboxylic acids is 1. The van der Waals surface area contributed by atoms with E-state index in [1.807, 2.05) is 24.3 Å². The summed E-state index contributed by atoms with van der Waals surface area (Å²) in [5.41, 5.74) is 5.88. The van der Waals surface area contributed by atoms with Crippen LogP contribution in [0.5, 0.6) is 5.75 Å². The SMILES string of the molecule is COc1ccccc1-c1nc(SCC(N)=O)n[nH]1. The summed E-state index contributed by atoms with van der Waals surface area (Å²) in [5.74, 6) is 1.06. The molecule has 1 amide bonds. The van der Waals surface area contributed by atoms with Crippen LogP contribution in [-0.4, -0.2) is 34.0 Å². The molecule has 0 saturated heterocycles. The van der Waals surface area contributed by atoms with Crippen molar-refractivity contribution < 1.29 is 9.53 Å². The van der Waals surface area contributed by atoms with Crippen LogP contribution in [0.25, 0.3) is 11.4 Å². The number of carbonyl (C=O) groups is 1. The molecule has 0 bridgehead atoms. The quantitative estimate of drug-likeness (QED) is 0.787. The van der Waals surface area contributed by atoms with Gasteiger partial charge in [0.1, 0.15) is 5.75 Å². The van der Waals surface area contributed by atoms with Crippen molar-refractivity contribution in [3.63, 3.8) is 0 Å². The van der Waals surface area contributed by atoms with Crippen LogP contribution < -0.4 is 10.5 Å². The number of nitrogens with two attached hydrogens (primary N) is 1. The van der Waals surface area contributed by atoms with Crippen molar-refractivity contribution in [2.75, 3.05) is 12.9 Å². The topological polar surface area (TPSA) is 93.9 Å². The maximum absolute atomic E-state index is 10.7. The summed E-state index contributed by atoms with van der Waals surface area (Å²) in [4.78, 5) is 14.9. The number of nitrogens with zero attached hydrogens (tertiary/aromatic N) is 2. The van der Waals surface area contributed by atoms with E-state index in [1.54, 1.807) is 7.11 Å². The first-order chi connectivity index (χ1) is 8.70. The third-order valence-corrected chi connectivity index (χ3v) is 3.04. The number of hydrogen-bond acceptors (Lipinski definition) is 5. The number of thioether (sulfide) groups is 1. The Morgan fingerprint density at radius 3 is 3.00 bits per heavy atom. The summed E-state index contributed by atoms with van der Waals surface area (Å²) >= 11 is 1.19. The second-order valence-electron chi connectivity index (χ2n) is 3.42. The molecular formula is C11H12N4O2S. The molecule has 1 aromatic heterocycles. The van der Waals surface area contributed by atoms with Gasteiger partial charge in [-0.05, 0) is 12.1 Å². The molecule has 1 heterocycles. The largest absolute Gasteiger partial charge is 0.496 e. The lowest BCUT2D eigenvalue weighted by atomic mass is 10.2. The molecule has 0 aliphatic carbocycles. The average Bonchev–Trinajstić information content (AvgIpc) is 2.85. The fourth-order valence-corrected chi connectivity index (χ4v) is 1.94. The minimum absolute atomic E-state index is 0.156. The van der Waals surface area contributed by atoms with Crippen molar-refractivity contribution in [2.24, 2.45) is 5.73 Å². The number of ether oxygens (including phenoxy) is 1. The zero-order chi connectivity index (χ0) is 13.0. The highest BCUT2D eigenvalue weighted by molar-refractivity contribution is 7.99. The normalized spacial score (nSPS) is 10.3. The third-order valence-electron chi connectivity index (χ3n) is 2.17. The van der Waals surface area contributed by atoms with Gasteiger partial charge >= 0.3 is 0 Å². The molecule has 94 valence electrons. The Bertz CT molecular complexity index is 555. The van der Waals surface area contributed by atoms with Crippen LogP contribution in [-0.2, 0) is 4.79 Å². The van der Waals surface area contributed by atoms with Gasteiger partial charge < -0.3 is 10.5 Å². The van der Waals surface area contributed by atoms with E-state index in [1.165, 1.54) is 11.8 Å². The number of nitrogens with one attached hydrogen (secondary N) is 1. The molecule has 0 atom stereocenters. The fourth-order valence-electron chi connectivity index (χ4n) is 1.41. The Morgan fingerprint density at radius 2 is 2.28 bits per heavy atom. The smallest absolute Gasteiger partial charge is 0.227 e. The number of H-pyrrole nitrogens is 1. The number of primary amides is 1. The maximum atomic E-state index is 10.7. The monoisotopic (exact) mass is 264 g/mol. The molecule has 7 heteroatoms. The Balaban J connectivity index is 2.21. The molecule has 0 saturated carbocycles. The van der Waals surface area contributed by atoms with E-state index >= 15 is 0 Å². The first-order valence-electron chi connectivity index (χ1n) is 5.17. The molecule has 2 rings (SSSR count).